The Bertz CT molecular complexity index is 1720. The highest BCUT2D eigenvalue weighted by Crippen LogP contribution is 2.32. The fourth-order valence-electron chi connectivity index (χ4n) is 4.75. The Hall–Kier alpha value is -4.41. The lowest BCUT2D eigenvalue weighted by atomic mass is 9.96. The summed E-state index contributed by atoms with van der Waals surface area (Å²) >= 11 is 0. The number of carbonyl (C=O) groups excluding carboxylic acids is 1. The third kappa shape index (κ3) is 4.26. The Morgan fingerprint density at radius 3 is 2.89 bits per heavy atom. The minimum absolute atomic E-state index is 0.0310. The number of nitrogens with one attached hydrogen (secondary N) is 2. The molecule has 4 heterocycles. The van der Waals surface area contributed by atoms with E-state index in [-0.39, 0.29) is 11.3 Å². The molecule has 3 aromatic heterocycles. The van der Waals surface area contributed by atoms with Gasteiger partial charge in [-0.2, -0.15) is 5.10 Å². The topological polar surface area (TPSA) is 124 Å². The molecule has 1 atom stereocenters. The van der Waals surface area contributed by atoms with E-state index < -0.39 is 11.7 Å². The molecule has 37 heavy (non-hydrogen) atoms. The number of carbonyl (C=O) groups is 1. The average molecular weight is 497 g/mol. The number of hydrogen-bond acceptors (Lipinski definition) is 9. The SMILES string of the molecule is CC(=O)c1c(C2CNCCO2)c2ccc(Nc3nccc(-c4ccc5c(cnn5C)c4)n3)cc2oc1=O. The maximum absolute atomic E-state index is 12.8. The monoisotopic (exact) mass is 496 g/mol. The van der Waals surface area contributed by atoms with Crippen LogP contribution in [0, 0.1) is 0 Å². The van der Waals surface area contributed by atoms with Crippen LogP contribution < -0.4 is 16.3 Å². The number of Topliss-reactive ketones (excluding diaryl/α,β-unsaturated/α-hetero) is 1. The van der Waals surface area contributed by atoms with Gasteiger partial charge in [0.1, 0.15) is 11.1 Å². The molecule has 2 N–H and O–H groups in total. The molecule has 1 unspecified atom stereocenters. The van der Waals surface area contributed by atoms with Crippen LogP contribution in [-0.4, -0.2) is 45.2 Å². The van der Waals surface area contributed by atoms with Crippen LogP contribution in [0.25, 0.3) is 33.1 Å². The molecule has 1 aliphatic rings. The summed E-state index contributed by atoms with van der Waals surface area (Å²) in [7, 11) is 1.91. The van der Waals surface area contributed by atoms with Gasteiger partial charge < -0.3 is 19.8 Å². The van der Waals surface area contributed by atoms with Gasteiger partial charge in [-0.1, -0.05) is 6.07 Å². The maximum Gasteiger partial charge on any atom is 0.347 e. The van der Waals surface area contributed by atoms with Gasteiger partial charge >= 0.3 is 5.63 Å². The molecule has 1 aliphatic heterocycles. The molecule has 186 valence electrons. The molecule has 0 radical (unpaired) electrons. The number of anilines is 2. The van der Waals surface area contributed by atoms with E-state index >= 15 is 0 Å². The third-order valence-corrected chi connectivity index (χ3v) is 6.50. The van der Waals surface area contributed by atoms with Crippen molar-refractivity contribution < 1.29 is 13.9 Å². The van der Waals surface area contributed by atoms with E-state index in [9.17, 15) is 9.59 Å². The van der Waals surface area contributed by atoms with Crippen LogP contribution in [0.1, 0.15) is 28.9 Å². The fraction of sp³-hybridized carbons (Fsp3) is 0.222. The number of aromatic nitrogens is 4. The molecular weight excluding hydrogens is 472 g/mol. The fourth-order valence-corrected chi connectivity index (χ4v) is 4.75. The Morgan fingerprint density at radius 1 is 1.19 bits per heavy atom. The number of ketones is 1. The van der Waals surface area contributed by atoms with Crippen molar-refractivity contribution in [2.24, 2.45) is 7.05 Å². The number of ether oxygens (including phenoxy) is 1. The Kier molecular flexibility index (Phi) is 5.74. The second kappa shape index (κ2) is 9.23. The number of hydrogen-bond donors (Lipinski definition) is 2. The first kappa shape index (κ1) is 23.0. The maximum atomic E-state index is 12.8. The molecule has 0 amide bonds. The summed E-state index contributed by atoms with van der Waals surface area (Å²) in [5, 5.41) is 12.4. The molecule has 6 rings (SSSR count). The van der Waals surface area contributed by atoms with Crippen molar-refractivity contribution in [3.8, 4) is 11.3 Å². The van der Waals surface area contributed by atoms with Crippen LogP contribution in [0.2, 0.25) is 0 Å². The predicted molar refractivity (Wildman–Crippen MR) is 139 cm³/mol. The summed E-state index contributed by atoms with van der Waals surface area (Å²) in [6.45, 7) is 3.08. The second-order valence-corrected chi connectivity index (χ2v) is 8.94. The summed E-state index contributed by atoms with van der Waals surface area (Å²) < 4.78 is 13.3. The summed E-state index contributed by atoms with van der Waals surface area (Å²) in [5.74, 6) is 0.0441. The first-order valence-corrected chi connectivity index (χ1v) is 11.9. The lowest BCUT2D eigenvalue weighted by Crippen LogP contribution is -2.35. The van der Waals surface area contributed by atoms with Crippen molar-refractivity contribution in [3.63, 3.8) is 0 Å². The van der Waals surface area contributed by atoms with Crippen molar-refractivity contribution in [1.29, 1.82) is 0 Å². The smallest absolute Gasteiger partial charge is 0.347 e. The Morgan fingerprint density at radius 2 is 2.08 bits per heavy atom. The minimum atomic E-state index is -0.676. The van der Waals surface area contributed by atoms with Gasteiger partial charge in [0.25, 0.3) is 0 Å². The first-order valence-electron chi connectivity index (χ1n) is 11.9. The molecule has 10 nitrogen and oxygen atoms in total. The molecule has 1 saturated heterocycles. The van der Waals surface area contributed by atoms with Gasteiger partial charge in [0, 0.05) is 60.0 Å². The van der Waals surface area contributed by atoms with Crippen molar-refractivity contribution in [1.82, 2.24) is 25.1 Å². The van der Waals surface area contributed by atoms with Gasteiger partial charge in [-0.15, -0.1) is 0 Å². The molecule has 0 bridgehead atoms. The lowest BCUT2D eigenvalue weighted by Gasteiger charge is -2.26. The van der Waals surface area contributed by atoms with Crippen LogP contribution in [0.5, 0.6) is 0 Å². The van der Waals surface area contributed by atoms with Crippen LogP contribution in [0.15, 0.2) is 64.1 Å². The van der Waals surface area contributed by atoms with Gasteiger partial charge in [0.05, 0.1) is 30.1 Å². The molecule has 0 spiro atoms. The molecule has 0 aliphatic carbocycles. The number of aryl methyl sites for hydroxylation is 1. The van der Waals surface area contributed by atoms with Gasteiger partial charge in [0.15, 0.2) is 5.78 Å². The van der Waals surface area contributed by atoms with Crippen LogP contribution in [0.3, 0.4) is 0 Å². The van der Waals surface area contributed by atoms with Crippen LogP contribution in [-0.2, 0) is 11.8 Å². The zero-order valence-electron chi connectivity index (χ0n) is 20.3. The highest BCUT2D eigenvalue weighted by Gasteiger charge is 2.27. The normalized spacial score (nSPS) is 15.8. The predicted octanol–water partition coefficient (Wildman–Crippen LogP) is 3.74. The largest absolute Gasteiger partial charge is 0.422 e. The number of fused-ring (bicyclic) bond motifs is 2. The van der Waals surface area contributed by atoms with E-state index in [1.165, 1.54) is 6.92 Å². The van der Waals surface area contributed by atoms with Crippen LogP contribution >= 0.6 is 0 Å². The summed E-state index contributed by atoms with van der Waals surface area (Å²) in [6.07, 6.45) is 3.09. The minimum Gasteiger partial charge on any atom is -0.422 e. The lowest BCUT2D eigenvalue weighted by molar-refractivity contribution is 0.0277. The van der Waals surface area contributed by atoms with E-state index in [0.717, 1.165) is 22.2 Å². The summed E-state index contributed by atoms with van der Waals surface area (Å²) in [5.41, 5.74) is 3.64. The standard InChI is InChI=1S/C27H24N6O4/c1-15(34)24-25(23-14-28-9-10-36-23)19-5-4-18(12-22(19)37-26(24)35)31-27-29-8-7-20(32-27)16-3-6-21-17(11-16)13-30-33(21)2/h3-8,11-13,23,28H,9-10,14H2,1-2H3,(H,29,31,32). The average Bonchev–Trinajstić information content (AvgIpc) is 3.28. The second-order valence-electron chi connectivity index (χ2n) is 8.94. The van der Waals surface area contributed by atoms with Gasteiger partial charge in [0.2, 0.25) is 5.95 Å². The quantitative estimate of drug-likeness (QED) is 0.276. The molecular formula is C27H24N6O4. The van der Waals surface area contributed by atoms with E-state index in [4.69, 9.17) is 9.15 Å². The van der Waals surface area contributed by atoms with Crippen molar-refractivity contribution in [2.75, 3.05) is 25.0 Å². The molecule has 0 saturated carbocycles. The first-order chi connectivity index (χ1) is 18.0. The Balaban J connectivity index is 1.36. The van der Waals surface area contributed by atoms with Crippen molar-refractivity contribution in [3.05, 3.63) is 76.4 Å². The van der Waals surface area contributed by atoms with E-state index in [0.29, 0.717) is 47.9 Å². The van der Waals surface area contributed by atoms with Gasteiger partial charge in [-0.25, -0.2) is 14.8 Å². The van der Waals surface area contributed by atoms with Gasteiger partial charge in [-0.3, -0.25) is 9.48 Å². The number of morpholine rings is 1. The number of benzene rings is 2. The zero-order valence-corrected chi connectivity index (χ0v) is 20.3. The summed E-state index contributed by atoms with van der Waals surface area (Å²) in [6, 6.07) is 13.3. The number of nitrogens with zero attached hydrogens (tertiary/aromatic N) is 4. The van der Waals surface area contributed by atoms with Crippen molar-refractivity contribution >= 4 is 39.3 Å². The highest BCUT2D eigenvalue weighted by molar-refractivity contribution is 6.00. The van der Waals surface area contributed by atoms with E-state index in [1.54, 1.807) is 12.3 Å². The number of rotatable bonds is 5. The Labute approximate surface area is 211 Å². The van der Waals surface area contributed by atoms with E-state index in [2.05, 4.69) is 25.7 Å². The van der Waals surface area contributed by atoms with Gasteiger partial charge in [-0.05, 0) is 37.3 Å². The molecule has 1 fully saturated rings. The molecule has 10 heteroatoms. The van der Waals surface area contributed by atoms with Crippen LogP contribution in [0.4, 0.5) is 11.6 Å². The molecule has 5 aromatic rings. The molecule has 2 aromatic carbocycles. The summed E-state index contributed by atoms with van der Waals surface area (Å²) in [4.78, 5) is 34.1. The zero-order chi connectivity index (χ0) is 25.5. The third-order valence-electron chi connectivity index (χ3n) is 6.50. The highest BCUT2D eigenvalue weighted by atomic mass is 16.5. The van der Waals surface area contributed by atoms with E-state index in [1.807, 2.05) is 54.3 Å². The van der Waals surface area contributed by atoms with Crippen molar-refractivity contribution in [2.45, 2.75) is 13.0 Å².